The molecule has 1 saturated heterocycles. The molecule has 19 heavy (non-hydrogen) atoms. The Morgan fingerprint density at radius 3 is 2.63 bits per heavy atom. The molecule has 1 aliphatic rings. The summed E-state index contributed by atoms with van der Waals surface area (Å²) >= 11 is 5.99. The van der Waals surface area contributed by atoms with E-state index in [1.54, 1.807) is 4.90 Å². The van der Waals surface area contributed by atoms with Crippen LogP contribution in [0.1, 0.15) is 18.4 Å². The Kier molecular flexibility index (Phi) is 4.83. The van der Waals surface area contributed by atoms with Crippen molar-refractivity contribution in [1.29, 1.82) is 0 Å². The summed E-state index contributed by atoms with van der Waals surface area (Å²) in [5.74, 6) is 0.466. The molecule has 1 heterocycles. The fourth-order valence-electron chi connectivity index (χ4n) is 2.60. The molecule has 1 fully saturated rings. The van der Waals surface area contributed by atoms with Crippen LogP contribution in [0, 0.1) is 5.92 Å². The van der Waals surface area contributed by atoms with Crippen molar-refractivity contribution in [3.63, 3.8) is 0 Å². The number of hydrogen-bond acceptors (Lipinski definition) is 2. The summed E-state index contributed by atoms with van der Waals surface area (Å²) in [6, 6.07) is 7.99. The normalized spacial score (nSPS) is 17.4. The predicted molar refractivity (Wildman–Crippen MR) is 78.1 cm³/mol. The minimum Gasteiger partial charge on any atom is -0.349 e. The van der Waals surface area contributed by atoms with Crippen LogP contribution in [0.4, 0.5) is 0 Å². The van der Waals surface area contributed by atoms with E-state index in [0.29, 0.717) is 0 Å². The maximum atomic E-state index is 11.9. The molecule has 3 nitrogen and oxygen atoms in total. The van der Waals surface area contributed by atoms with E-state index in [2.05, 4.69) is 11.0 Å². The molecule has 0 radical (unpaired) electrons. The van der Waals surface area contributed by atoms with Crippen molar-refractivity contribution < 1.29 is 4.79 Å². The third kappa shape index (κ3) is 3.95. The van der Waals surface area contributed by atoms with E-state index in [1.807, 2.05) is 32.3 Å². The highest BCUT2D eigenvalue weighted by Gasteiger charge is 2.25. The van der Waals surface area contributed by atoms with Crippen molar-refractivity contribution in [2.75, 3.05) is 27.2 Å². The van der Waals surface area contributed by atoms with Gasteiger partial charge >= 0.3 is 0 Å². The zero-order valence-electron chi connectivity index (χ0n) is 11.6. The van der Waals surface area contributed by atoms with E-state index in [9.17, 15) is 4.79 Å². The van der Waals surface area contributed by atoms with E-state index in [1.165, 1.54) is 5.56 Å². The van der Waals surface area contributed by atoms with Crippen molar-refractivity contribution in [1.82, 2.24) is 9.80 Å². The van der Waals surface area contributed by atoms with Gasteiger partial charge in [0.25, 0.3) is 0 Å². The topological polar surface area (TPSA) is 23.6 Å². The Labute approximate surface area is 120 Å². The van der Waals surface area contributed by atoms with Gasteiger partial charge in [0.05, 0.1) is 0 Å². The van der Waals surface area contributed by atoms with E-state index in [-0.39, 0.29) is 11.8 Å². The molecule has 1 amide bonds. The number of amides is 1. The number of piperidine rings is 1. The predicted octanol–water partition coefficient (Wildman–Crippen LogP) is 2.64. The summed E-state index contributed by atoms with van der Waals surface area (Å²) in [6.07, 6.45) is 1.91. The molecule has 2 rings (SSSR count). The molecule has 0 aromatic heterocycles. The van der Waals surface area contributed by atoms with E-state index < -0.39 is 0 Å². The Morgan fingerprint density at radius 2 is 2.05 bits per heavy atom. The first-order valence-corrected chi connectivity index (χ1v) is 7.12. The van der Waals surface area contributed by atoms with Crippen LogP contribution in [0.3, 0.4) is 0 Å². The lowest BCUT2D eigenvalue weighted by molar-refractivity contribution is -0.134. The smallest absolute Gasteiger partial charge is 0.225 e. The Hall–Kier alpha value is -1.06. The van der Waals surface area contributed by atoms with Crippen LogP contribution in [0.15, 0.2) is 24.3 Å². The van der Waals surface area contributed by atoms with E-state index >= 15 is 0 Å². The van der Waals surface area contributed by atoms with Gasteiger partial charge in [0.15, 0.2) is 0 Å². The van der Waals surface area contributed by atoms with Crippen LogP contribution in [-0.4, -0.2) is 42.9 Å². The minimum atomic E-state index is 0.200. The molecule has 4 heteroatoms. The lowest BCUT2D eigenvalue weighted by atomic mass is 9.95. The lowest BCUT2D eigenvalue weighted by Crippen LogP contribution is -2.39. The van der Waals surface area contributed by atoms with Crippen LogP contribution in [0.25, 0.3) is 0 Å². The van der Waals surface area contributed by atoms with Gasteiger partial charge in [-0.15, -0.1) is 0 Å². The zero-order valence-corrected chi connectivity index (χ0v) is 12.4. The summed E-state index contributed by atoms with van der Waals surface area (Å²) in [7, 11) is 3.67. The van der Waals surface area contributed by atoms with Gasteiger partial charge in [-0.2, -0.15) is 0 Å². The third-order valence-electron chi connectivity index (χ3n) is 3.67. The fourth-order valence-corrected chi connectivity index (χ4v) is 2.81. The number of likely N-dealkylation sites (tertiary alicyclic amines) is 1. The minimum absolute atomic E-state index is 0.200. The molecular weight excluding hydrogens is 260 g/mol. The summed E-state index contributed by atoms with van der Waals surface area (Å²) in [5.41, 5.74) is 1.24. The lowest BCUT2D eigenvalue weighted by Gasteiger charge is -2.32. The molecule has 0 unspecified atom stereocenters. The largest absolute Gasteiger partial charge is 0.349 e. The Morgan fingerprint density at radius 1 is 1.37 bits per heavy atom. The molecule has 1 aromatic rings. The molecule has 0 saturated carbocycles. The highest BCUT2D eigenvalue weighted by atomic mass is 35.5. The number of nitrogens with zero attached hydrogens (tertiary/aromatic N) is 2. The summed E-state index contributed by atoms with van der Waals surface area (Å²) < 4.78 is 0. The first-order chi connectivity index (χ1) is 9.06. The van der Waals surface area contributed by atoms with Crippen molar-refractivity contribution in [3.05, 3.63) is 34.9 Å². The molecule has 1 aromatic carbocycles. The highest BCUT2D eigenvalue weighted by Crippen LogP contribution is 2.21. The SMILES string of the molecule is CN(C)C(=O)C1CCN(Cc2cccc(Cl)c2)CC1. The first-order valence-electron chi connectivity index (χ1n) is 6.74. The zero-order chi connectivity index (χ0) is 13.8. The van der Waals surface area contributed by atoms with Gasteiger partial charge in [-0.05, 0) is 43.6 Å². The standard InChI is InChI=1S/C15H21ClN2O/c1-17(2)15(19)13-6-8-18(9-7-13)11-12-4-3-5-14(16)10-12/h3-5,10,13H,6-9,11H2,1-2H3. The average Bonchev–Trinajstić information content (AvgIpc) is 2.39. The quantitative estimate of drug-likeness (QED) is 0.850. The Balaban J connectivity index is 1.85. The maximum Gasteiger partial charge on any atom is 0.225 e. The van der Waals surface area contributed by atoms with Crippen LogP contribution in [0.5, 0.6) is 0 Å². The monoisotopic (exact) mass is 280 g/mol. The molecule has 0 aliphatic carbocycles. The number of hydrogen-bond donors (Lipinski definition) is 0. The summed E-state index contributed by atoms with van der Waals surface area (Å²) in [4.78, 5) is 16.0. The fraction of sp³-hybridized carbons (Fsp3) is 0.533. The van der Waals surface area contributed by atoms with Crippen LogP contribution >= 0.6 is 11.6 Å². The molecule has 1 aliphatic heterocycles. The molecule has 0 N–H and O–H groups in total. The van der Waals surface area contributed by atoms with Gasteiger partial charge in [0, 0.05) is 31.6 Å². The van der Waals surface area contributed by atoms with Gasteiger partial charge in [-0.3, -0.25) is 9.69 Å². The van der Waals surface area contributed by atoms with Crippen LogP contribution in [0.2, 0.25) is 5.02 Å². The van der Waals surface area contributed by atoms with E-state index in [0.717, 1.165) is 37.5 Å². The summed E-state index contributed by atoms with van der Waals surface area (Å²) in [5, 5.41) is 0.787. The van der Waals surface area contributed by atoms with Crippen molar-refractivity contribution in [2.24, 2.45) is 5.92 Å². The van der Waals surface area contributed by atoms with Crippen molar-refractivity contribution in [2.45, 2.75) is 19.4 Å². The molecule has 0 bridgehead atoms. The Bertz CT molecular complexity index is 440. The average molecular weight is 281 g/mol. The van der Waals surface area contributed by atoms with E-state index in [4.69, 9.17) is 11.6 Å². The molecule has 0 atom stereocenters. The molecule has 104 valence electrons. The van der Waals surface area contributed by atoms with Gasteiger partial charge in [-0.1, -0.05) is 23.7 Å². The second kappa shape index (κ2) is 6.40. The number of benzene rings is 1. The van der Waals surface area contributed by atoms with Crippen molar-refractivity contribution >= 4 is 17.5 Å². The van der Waals surface area contributed by atoms with Gasteiger partial charge in [-0.25, -0.2) is 0 Å². The molecule has 0 spiro atoms. The number of rotatable bonds is 3. The molecular formula is C15H21ClN2O. The van der Waals surface area contributed by atoms with Crippen LogP contribution in [-0.2, 0) is 11.3 Å². The maximum absolute atomic E-state index is 11.9. The number of carbonyl (C=O) groups excluding carboxylic acids is 1. The number of halogens is 1. The van der Waals surface area contributed by atoms with Gasteiger partial charge in [0.2, 0.25) is 5.91 Å². The summed E-state index contributed by atoms with van der Waals surface area (Å²) in [6.45, 7) is 2.89. The van der Waals surface area contributed by atoms with Gasteiger partial charge in [0.1, 0.15) is 0 Å². The highest BCUT2D eigenvalue weighted by molar-refractivity contribution is 6.30. The second-order valence-electron chi connectivity index (χ2n) is 5.41. The van der Waals surface area contributed by atoms with Crippen LogP contribution < -0.4 is 0 Å². The van der Waals surface area contributed by atoms with Crippen molar-refractivity contribution in [3.8, 4) is 0 Å². The third-order valence-corrected chi connectivity index (χ3v) is 3.91. The first kappa shape index (κ1) is 14.4. The second-order valence-corrected chi connectivity index (χ2v) is 5.85. The van der Waals surface area contributed by atoms with Gasteiger partial charge < -0.3 is 4.90 Å². The number of carbonyl (C=O) groups is 1.